The molecule has 0 aliphatic carbocycles. The van der Waals surface area contributed by atoms with E-state index in [0.29, 0.717) is 11.0 Å². The Bertz CT molecular complexity index is 1230. The molecule has 146 valence electrons. The topological polar surface area (TPSA) is 63.4 Å². The molecule has 0 N–H and O–H groups in total. The van der Waals surface area contributed by atoms with Crippen molar-refractivity contribution in [1.82, 2.24) is 19.6 Å². The van der Waals surface area contributed by atoms with Crippen molar-refractivity contribution >= 4 is 39.9 Å². The number of amides is 1. The molecular weight excluding hydrogens is 382 g/mol. The summed E-state index contributed by atoms with van der Waals surface area (Å²) in [5, 5.41) is 5.88. The summed E-state index contributed by atoms with van der Waals surface area (Å²) in [6.45, 7) is 4.57. The Kier molecular flexibility index (Phi) is 4.47. The number of thioether (sulfide) groups is 1. The van der Waals surface area contributed by atoms with Crippen molar-refractivity contribution in [2.75, 3.05) is 11.4 Å². The van der Waals surface area contributed by atoms with E-state index in [1.165, 1.54) is 17.3 Å². The van der Waals surface area contributed by atoms with Gasteiger partial charge in [-0.2, -0.15) is 4.52 Å². The minimum atomic E-state index is -0.289. The number of carbonyl (C=O) groups excluding carboxylic acids is 1. The highest BCUT2D eigenvalue weighted by atomic mass is 32.2. The first kappa shape index (κ1) is 18.1. The van der Waals surface area contributed by atoms with Gasteiger partial charge in [0.2, 0.25) is 5.91 Å². The molecule has 0 saturated heterocycles. The van der Waals surface area contributed by atoms with Gasteiger partial charge in [0.1, 0.15) is 5.82 Å². The summed E-state index contributed by atoms with van der Waals surface area (Å²) in [4.78, 5) is 24.6. The van der Waals surface area contributed by atoms with Crippen molar-refractivity contribution in [1.29, 1.82) is 0 Å². The van der Waals surface area contributed by atoms with Gasteiger partial charge in [0.05, 0.1) is 10.8 Å². The number of aromatic nitrogens is 4. The second kappa shape index (κ2) is 7.15. The van der Waals surface area contributed by atoms with Gasteiger partial charge in [0, 0.05) is 17.6 Å². The Balaban J connectivity index is 1.50. The monoisotopic (exact) mass is 403 g/mol. The highest BCUT2D eigenvalue weighted by Crippen LogP contribution is 2.31. The first-order valence-electron chi connectivity index (χ1n) is 9.80. The van der Waals surface area contributed by atoms with Crippen molar-refractivity contribution in [3.63, 3.8) is 0 Å². The predicted molar refractivity (Wildman–Crippen MR) is 115 cm³/mol. The van der Waals surface area contributed by atoms with Gasteiger partial charge in [-0.1, -0.05) is 42.1 Å². The molecule has 7 heteroatoms. The Morgan fingerprint density at radius 1 is 1.10 bits per heavy atom. The van der Waals surface area contributed by atoms with E-state index >= 15 is 0 Å². The van der Waals surface area contributed by atoms with Gasteiger partial charge in [-0.15, -0.1) is 5.10 Å². The van der Waals surface area contributed by atoms with Crippen LogP contribution in [0.4, 0.5) is 5.69 Å². The van der Waals surface area contributed by atoms with Crippen molar-refractivity contribution < 1.29 is 4.79 Å². The molecule has 0 radical (unpaired) electrons. The zero-order valence-electron chi connectivity index (χ0n) is 16.4. The molecule has 2 aromatic heterocycles. The number of anilines is 1. The van der Waals surface area contributed by atoms with Crippen LogP contribution in [0.25, 0.3) is 16.6 Å². The highest BCUT2D eigenvalue weighted by molar-refractivity contribution is 8.00. The lowest BCUT2D eigenvalue weighted by molar-refractivity contribution is -0.117. The summed E-state index contributed by atoms with van der Waals surface area (Å²) in [6, 6.07) is 16.1. The molecule has 0 unspecified atom stereocenters. The molecule has 0 bridgehead atoms. The fraction of sp³-hybridized carbons (Fsp3) is 0.273. The zero-order valence-corrected chi connectivity index (χ0v) is 17.2. The molecular formula is C22H21N5OS. The largest absolute Gasteiger partial charge is 0.311 e. The summed E-state index contributed by atoms with van der Waals surface area (Å²) in [7, 11) is 0. The molecule has 1 atom stereocenters. The lowest BCUT2D eigenvalue weighted by atomic mass is 10.0. The Morgan fingerprint density at radius 2 is 1.90 bits per heavy atom. The molecule has 3 heterocycles. The molecule has 2 aromatic carbocycles. The number of hydrogen-bond donors (Lipinski definition) is 0. The minimum Gasteiger partial charge on any atom is -0.311 e. The maximum Gasteiger partial charge on any atom is 0.240 e. The van der Waals surface area contributed by atoms with Crippen LogP contribution in [0.15, 0.2) is 53.7 Å². The van der Waals surface area contributed by atoms with E-state index < -0.39 is 0 Å². The maximum atomic E-state index is 13.3. The van der Waals surface area contributed by atoms with Gasteiger partial charge in [-0.05, 0) is 50.5 Å². The molecule has 4 aromatic rings. The third-order valence-corrected chi connectivity index (χ3v) is 6.29. The van der Waals surface area contributed by atoms with Crippen LogP contribution >= 0.6 is 11.8 Å². The number of nitrogens with zero attached hydrogens (tertiary/aromatic N) is 5. The Hall–Kier alpha value is -2.93. The van der Waals surface area contributed by atoms with Crippen LogP contribution in [0.5, 0.6) is 0 Å². The summed E-state index contributed by atoms with van der Waals surface area (Å²) >= 11 is 1.44. The minimum absolute atomic E-state index is 0.0992. The molecule has 1 amide bonds. The fourth-order valence-corrected chi connectivity index (χ4v) is 4.82. The molecule has 5 rings (SSSR count). The first-order valence-corrected chi connectivity index (χ1v) is 10.7. The van der Waals surface area contributed by atoms with E-state index in [1.807, 2.05) is 61.2 Å². The number of hydrogen-bond acceptors (Lipinski definition) is 5. The van der Waals surface area contributed by atoms with Crippen molar-refractivity contribution in [2.24, 2.45) is 0 Å². The average molecular weight is 404 g/mol. The number of fused-ring (bicyclic) bond motifs is 4. The van der Waals surface area contributed by atoms with Crippen LogP contribution in [0.3, 0.4) is 0 Å². The second-order valence-electron chi connectivity index (χ2n) is 7.29. The molecule has 6 nitrogen and oxygen atoms in total. The predicted octanol–water partition coefficient (Wildman–Crippen LogP) is 4.05. The first-order chi connectivity index (χ1) is 14.1. The number of aryl methyl sites for hydroxylation is 2. The molecule has 1 aliphatic heterocycles. The van der Waals surface area contributed by atoms with Crippen molar-refractivity contribution in [2.45, 2.75) is 37.1 Å². The van der Waals surface area contributed by atoms with Crippen LogP contribution < -0.4 is 4.90 Å². The van der Waals surface area contributed by atoms with E-state index in [4.69, 9.17) is 4.98 Å². The van der Waals surface area contributed by atoms with Gasteiger partial charge in [0.25, 0.3) is 0 Å². The van der Waals surface area contributed by atoms with Crippen LogP contribution in [-0.4, -0.2) is 37.3 Å². The van der Waals surface area contributed by atoms with Crippen LogP contribution in [0.2, 0.25) is 0 Å². The number of rotatable bonds is 3. The number of carbonyl (C=O) groups is 1. The SMILES string of the molecule is Cc1nc2c3ccccc3nc(S[C@@H](C)C(=O)N3CCCc4ccccc43)n2n1. The van der Waals surface area contributed by atoms with Crippen LogP contribution in [0.1, 0.15) is 24.7 Å². The van der Waals surface area contributed by atoms with E-state index in [1.54, 1.807) is 4.52 Å². The standard InChI is InChI=1S/C22H21N5OS/c1-14(21(28)26-13-7-9-16-8-3-6-12-19(16)26)29-22-24-18-11-5-4-10-17(18)20-23-15(2)25-27(20)22/h3-6,8,10-12,14H,7,9,13H2,1-2H3/t14-/m0/s1. The quantitative estimate of drug-likeness (QED) is 0.381. The third-order valence-electron chi connectivity index (χ3n) is 5.26. The van der Waals surface area contributed by atoms with E-state index in [9.17, 15) is 4.79 Å². The molecule has 0 spiro atoms. The van der Waals surface area contributed by atoms with Gasteiger partial charge in [-0.3, -0.25) is 4.79 Å². The second-order valence-corrected chi connectivity index (χ2v) is 8.60. The molecule has 29 heavy (non-hydrogen) atoms. The van der Waals surface area contributed by atoms with Gasteiger partial charge in [-0.25, -0.2) is 9.97 Å². The van der Waals surface area contributed by atoms with Gasteiger partial charge in [0.15, 0.2) is 10.8 Å². The summed E-state index contributed by atoms with van der Waals surface area (Å²) in [5.41, 5.74) is 3.91. The summed E-state index contributed by atoms with van der Waals surface area (Å²) in [5.74, 6) is 0.788. The third kappa shape index (κ3) is 3.15. The van der Waals surface area contributed by atoms with Crippen molar-refractivity contribution in [3.05, 3.63) is 59.9 Å². The van der Waals surface area contributed by atoms with Gasteiger partial charge < -0.3 is 4.90 Å². The Morgan fingerprint density at radius 3 is 2.79 bits per heavy atom. The molecule has 0 saturated carbocycles. The maximum absolute atomic E-state index is 13.3. The normalized spacial score (nSPS) is 14.9. The number of benzene rings is 2. The average Bonchev–Trinajstić information content (AvgIpc) is 3.15. The van der Waals surface area contributed by atoms with E-state index in [2.05, 4.69) is 16.1 Å². The summed E-state index contributed by atoms with van der Waals surface area (Å²) < 4.78 is 1.76. The van der Waals surface area contributed by atoms with Crippen LogP contribution in [-0.2, 0) is 11.2 Å². The van der Waals surface area contributed by atoms with Crippen LogP contribution in [0, 0.1) is 6.92 Å². The number of para-hydroxylation sites is 2. The zero-order chi connectivity index (χ0) is 20.0. The van der Waals surface area contributed by atoms with E-state index in [0.717, 1.165) is 41.6 Å². The smallest absolute Gasteiger partial charge is 0.240 e. The lowest BCUT2D eigenvalue weighted by Gasteiger charge is -2.31. The molecule has 1 aliphatic rings. The van der Waals surface area contributed by atoms with Crippen molar-refractivity contribution in [3.8, 4) is 0 Å². The molecule has 0 fully saturated rings. The highest BCUT2D eigenvalue weighted by Gasteiger charge is 2.28. The lowest BCUT2D eigenvalue weighted by Crippen LogP contribution is -2.40. The summed E-state index contributed by atoms with van der Waals surface area (Å²) in [6.07, 6.45) is 2.01. The fourth-order valence-electron chi connectivity index (χ4n) is 3.90. The van der Waals surface area contributed by atoms with E-state index in [-0.39, 0.29) is 11.2 Å². The Labute approximate surface area is 173 Å². The van der Waals surface area contributed by atoms with Gasteiger partial charge >= 0.3 is 0 Å².